The summed E-state index contributed by atoms with van der Waals surface area (Å²) in [6.07, 6.45) is 2.25. The largest absolute Gasteiger partial charge is 0.508 e. The van der Waals surface area contributed by atoms with Crippen molar-refractivity contribution in [3.05, 3.63) is 53.3 Å². The van der Waals surface area contributed by atoms with Gasteiger partial charge in [0.1, 0.15) is 11.5 Å². The van der Waals surface area contributed by atoms with Crippen molar-refractivity contribution >= 4 is 0 Å². The highest BCUT2D eigenvalue weighted by Crippen LogP contribution is 2.25. The smallest absolute Gasteiger partial charge is 0.165 e. The lowest BCUT2D eigenvalue weighted by atomic mass is 10.0. The zero-order chi connectivity index (χ0) is 15.2. The summed E-state index contributed by atoms with van der Waals surface area (Å²) in [4.78, 5) is 0. The van der Waals surface area contributed by atoms with Crippen molar-refractivity contribution in [2.24, 2.45) is 0 Å². The molecule has 0 aliphatic carbocycles. The third-order valence-corrected chi connectivity index (χ3v) is 3.41. The maximum absolute atomic E-state index is 13.6. The van der Waals surface area contributed by atoms with Gasteiger partial charge in [0, 0.05) is 0 Å². The molecule has 0 amide bonds. The van der Waals surface area contributed by atoms with Gasteiger partial charge in [-0.2, -0.15) is 0 Å². The maximum atomic E-state index is 13.6. The van der Waals surface area contributed by atoms with Crippen LogP contribution in [0.3, 0.4) is 0 Å². The molecular formula is C17H19FO3. The number of aromatic hydroxyl groups is 1. The fraction of sp³-hybridized carbons (Fsp3) is 0.294. The highest BCUT2D eigenvalue weighted by Gasteiger charge is 2.06. The molecule has 0 radical (unpaired) electrons. The molecule has 0 unspecified atom stereocenters. The zero-order valence-corrected chi connectivity index (χ0v) is 12.2. The molecule has 0 aliphatic heterocycles. The predicted molar refractivity (Wildman–Crippen MR) is 79.6 cm³/mol. The minimum Gasteiger partial charge on any atom is -0.508 e. The van der Waals surface area contributed by atoms with E-state index in [9.17, 15) is 9.50 Å². The molecule has 3 nitrogen and oxygen atoms in total. The first-order valence-corrected chi connectivity index (χ1v) is 6.82. The molecule has 0 bridgehead atoms. The van der Waals surface area contributed by atoms with Gasteiger partial charge in [-0.05, 0) is 60.7 Å². The summed E-state index contributed by atoms with van der Waals surface area (Å²) < 4.78 is 23.6. The van der Waals surface area contributed by atoms with E-state index in [0.29, 0.717) is 6.42 Å². The number of rotatable bonds is 6. The van der Waals surface area contributed by atoms with Gasteiger partial charge in [-0.15, -0.1) is 0 Å². The van der Waals surface area contributed by atoms with Gasteiger partial charge in [0.15, 0.2) is 11.6 Å². The summed E-state index contributed by atoms with van der Waals surface area (Å²) >= 11 is 0. The van der Waals surface area contributed by atoms with Gasteiger partial charge in [-0.3, -0.25) is 0 Å². The molecule has 0 saturated heterocycles. The Morgan fingerprint density at radius 1 is 1.00 bits per heavy atom. The molecule has 21 heavy (non-hydrogen) atoms. The van der Waals surface area contributed by atoms with Crippen LogP contribution in [0.2, 0.25) is 0 Å². The van der Waals surface area contributed by atoms with Crippen LogP contribution in [0.5, 0.6) is 17.2 Å². The normalized spacial score (nSPS) is 10.4. The number of aryl methyl sites for hydroxylation is 2. The summed E-state index contributed by atoms with van der Waals surface area (Å²) in [5.41, 5.74) is 1.75. The third-order valence-electron chi connectivity index (χ3n) is 3.41. The van der Waals surface area contributed by atoms with Gasteiger partial charge in [-0.1, -0.05) is 6.07 Å². The Kier molecular flexibility index (Phi) is 5.04. The molecular weight excluding hydrogens is 271 g/mol. The topological polar surface area (TPSA) is 38.7 Å². The Labute approximate surface area is 124 Å². The van der Waals surface area contributed by atoms with Crippen LogP contribution in [-0.4, -0.2) is 19.3 Å². The average Bonchev–Trinajstić information content (AvgIpc) is 2.49. The lowest BCUT2D eigenvalue weighted by Crippen LogP contribution is -1.94. The fourth-order valence-corrected chi connectivity index (χ4v) is 2.24. The minimum absolute atomic E-state index is 0.254. The maximum Gasteiger partial charge on any atom is 0.165 e. The Bertz CT molecular complexity index is 611. The van der Waals surface area contributed by atoms with Crippen LogP contribution in [-0.2, 0) is 12.8 Å². The Morgan fingerprint density at radius 2 is 1.81 bits per heavy atom. The number of benzene rings is 2. The van der Waals surface area contributed by atoms with Gasteiger partial charge in [0.05, 0.1) is 14.2 Å². The van der Waals surface area contributed by atoms with Gasteiger partial charge in [-0.25, -0.2) is 4.39 Å². The van der Waals surface area contributed by atoms with Crippen molar-refractivity contribution < 1.29 is 19.0 Å². The van der Waals surface area contributed by atoms with E-state index in [1.807, 2.05) is 12.1 Å². The van der Waals surface area contributed by atoms with Crippen molar-refractivity contribution in [1.29, 1.82) is 0 Å². The van der Waals surface area contributed by atoms with E-state index in [2.05, 4.69) is 0 Å². The highest BCUT2D eigenvalue weighted by molar-refractivity contribution is 5.39. The van der Waals surface area contributed by atoms with Crippen molar-refractivity contribution in [1.82, 2.24) is 0 Å². The number of hydrogen-bond acceptors (Lipinski definition) is 3. The summed E-state index contributed by atoms with van der Waals surface area (Å²) in [5, 5.41) is 9.81. The number of phenolic OH excluding ortho intramolecular Hbond substituents is 1. The molecule has 0 spiro atoms. The van der Waals surface area contributed by atoms with E-state index in [4.69, 9.17) is 9.47 Å². The second-order valence-electron chi connectivity index (χ2n) is 4.82. The number of halogens is 1. The lowest BCUT2D eigenvalue weighted by molar-refractivity contribution is 0.386. The van der Waals surface area contributed by atoms with Crippen LogP contribution in [0.25, 0.3) is 0 Å². The number of ether oxygens (including phenoxy) is 2. The van der Waals surface area contributed by atoms with Crippen LogP contribution in [0.15, 0.2) is 36.4 Å². The third kappa shape index (κ3) is 3.88. The van der Waals surface area contributed by atoms with E-state index in [0.717, 1.165) is 29.7 Å². The SMILES string of the molecule is COc1ccc(O)c(CCCc2ccc(OC)c(F)c2)c1. The van der Waals surface area contributed by atoms with Gasteiger partial charge in [0.25, 0.3) is 0 Å². The summed E-state index contributed by atoms with van der Waals surface area (Å²) in [6, 6.07) is 10.1. The van der Waals surface area contributed by atoms with Crippen LogP contribution >= 0.6 is 0 Å². The van der Waals surface area contributed by atoms with E-state index in [1.165, 1.54) is 13.2 Å². The molecule has 1 N–H and O–H groups in total. The van der Waals surface area contributed by atoms with E-state index >= 15 is 0 Å². The van der Waals surface area contributed by atoms with Crippen LogP contribution in [0.4, 0.5) is 4.39 Å². The number of phenols is 1. The number of hydrogen-bond donors (Lipinski definition) is 1. The molecule has 0 saturated carbocycles. The van der Waals surface area contributed by atoms with Crippen molar-refractivity contribution in [3.8, 4) is 17.2 Å². The second-order valence-corrected chi connectivity index (χ2v) is 4.82. The molecule has 2 rings (SSSR count). The average molecular weight is 290 g/mol. The van der Waals surface area contributed by atoms with Gasteiger partial charge in [0.2, 0.25) is 0 Å². The fourth-order valence-electron chi connectivity index (χ4n) is 2.24. The molecule has 2 aromatic carbocycles. The molecule has 0 fully saturated rings. The summed E-state index contributed by atoms with van der Waals surface area (Å²) in [6.45, 7) is 0. The van der Waals surface area contributed by atoms with Crippen LogP contribution < -0.4 is 9.47 Å². The highest BCUT2D eigenvalue weighted by atomic mass is 19.1. The van der Waals surface area contributed by atoms with E-state index in [-0.39, 0.29) is 17.3 Å². The van der Waals surface area contributed by atoms with Crippen LogP contribution in [0, 0.1) is 5.82 Å². The quantitative estimate of drug-likeness (QED) is 0.881. The summed E-state index contributed by atoms with van der Waals surface area (Å²) in [5.74, 6) is 0.887. The van der Waals surface area contributed by atoms with Gasteiger partial charge < -0.3 is 14.6 Å². The molecule has 0 aromatic heterocycles. The van der Waals surface area contributed by atoms with Crippen molar-refractivity contribution in [3.63, 3.8) is 0 Å². The van der Waals surface area contributed by atoms with Gasteiger partial charge >= 0.3 is 0 Å². The van der Waals surface area contributed by atoms with Crippen molar-refractivity contribution in [2.75, 3.05) is 14.2 Å². The first-order valence-electron chi connectivity index (χ1n) is 6.82. The predicted octanol–water partition coefficient (Wildman–Crippen LogP) is 3.72. The standard InChI is InChI=1S/C17H19FO3/c1-20-14-7-8-16(19)13(11-14)5-3-4-12-6-9-17(21-2)15(18)10-12/h6-11,19H,3-5H2,1-2H3. The monoisotopic (exact) mass is 290 g/mol. The molecule has 112 valence electrons. The Hall–Kier alpha value is -2.23. The lowest BCUT2D eigenvalue weighted by Gasteiger charge is -2.08. The van der Waals surface area contributed by atoms with E-state index < -0.39 is 0 Å². The van der Waals surface area contributed by atoms with Crippen molar-refractivity contribution in [2.45, 2.75) is 19.3 Å². The molecule has 0 atom stereocenters. The Morgan fingerprint density at radius 3 is 2.48 bits per heavy atom. The molecule has 2 aromatic rings. The zero-order valence-electron chi connectivity index (χ0n) is 12.2. The Balaban J connectivity index is 1.96. The van der Waals surface area contributed by atoms with Crippen LogP contribution in [0.1, 0.15) is 17.5 Å². The number of methoxy groups -OCH3 is 2. The second kappa shape index (κ2) is 6.97. The molecule has 4 heteroatoms. The minimum atomic E-state index is -0.348. The van der Waals surface area contributed by atoms with E-state index in [1.54, 1.807) is 25.3 Å². The molecule has 0 aliphatic rings. The molecule has 0 heterocycles. The first-order chi connectivity index (χ1) is 10.1. The first kappa shape index (κ1) is 15.2. The summed E-state index contributed by atoms with van der Waals surface area (Å²) in [7, 11) is 3.04.